The van der Waals surface area contributed by atoms with Gasteiger partial charge in [0, 0.05) is 25.2 Å². The summed E-state index contributed by atoms with van der Waals surface area (Å²) in [7, 11) is 1.43. The molecular weight excluding hydrogens is 286 g/mol. The molecule has 0 saturated carbocycles. The van der Waals surface area contributed by atoms with E-state index >= 15 is 0 Å². The predicted octanol–water partition coefficient (Wildman–Crippen LogP) is 3.85. The van der Waals surface area contributed by atoms with Crippen molar-refractivity contribution in [2.24, 2.45) is 11.8 Å². The van der Waals surface area contributed by atoms with Gasteiger partial charge >= 0.3 is 6.18 Å². The molecule has 2 rings (SSSR count). The minimum Gasteiger partial charge on any atom is -0.496 e. The number of hydrogen-bond acceptors (Lipinski definition) is 2. The van der Waals surface area contributed by atoms with Crippen molar-refractivity contribution >= 4 is 0 Å². The smallest absolute Gasteiger partial charge is 0.393 e. The summed E-state index contributed by atoms with van der Waals surface area (Å²) in [6.07, 6.45) is -4.07. The molecule has 1 saturated heterocycles. The van der Waals surface area contributed by atoms with E-state index in [2.05, 4.69) is 0 Å². The maximum Gasteiger partial charge on any atom is 0.393 e. The van der Waals surface area contributed by atoms with Crippen LogP contribution in [0.15, 0.2) is 18.2 Å². The molecule has 1 heterocycles. The van der Waals surface area contributed by atoms with Crippen molar-refractivity contribution in [1.29, 1.82) is 0 Å². The molecule has 0 bridgehead atoms. The van der Waals surface area contributed by atoms with Crippen LogP contribution in [-0.2, 0) is 6.54 Å². The summed E-state index contributed by atoms with van der Waals surface area (Å²) < 4.78 is 57.8. The first-order valence-corrected chi connectivity index (χ1v) is 6.91. The highest BCUT2D eigenvalue weighted by Gasteiger charge is 2.43. The first kappa shape index (κ1) is 16.1. The van der Waals surface area contributed by atoms with Gasteiger partial charge in [-0.05, 0) is 24.5 Å². The molecule has 1 aromatic carbocycles. The molecule has 21 heavy (non-hydrogen) atoms. The summed E-state index contributed by atoms with van der Waals surface area (Å²) in [6.45, 7) is 2.37. The lowest BCUT2D eigenvalue weighted by atomic mass is 9.89. The zero-order chi connectivity index (χ0) is 15.6. The number of methoxy groups -OCH3 is 1. The third kappa shape index (κ3) is 3.87. The van der Waals surface area contributed by atoms with Crippen LogP contribution in [0.4, 0.5) is 17.6 Å². The molecule has 0 aliphatic carbocycles. The Bertz CT molecular complexity index is 489. The summed E-state index contributed by atoms with van der Waals surface area (Å²) >= 11 is 0. The molecule has 118 valence electrons. The monoisotopic (exact) mass is 305 g/mol. The van der Waals surface area contributed by atoms with Gasteiger partial charge in [-0.25, -0.2) is 4.39 Å². The number of likely N-dealkylation sites (tertiary alicyclic amines) is 1. The fourth-order valence-electron chi connectivity index (χ4n) is 2.94. The minimum absolute atomic E-state index is 0.0665. The van der Waals surface area contributed by atoms with Crippen molar-refractivity contribution in [3.63, 3.8) is 0 Å². The van der Waals surface area contributed by atoms with Gasteiger partial charge in [0.2, 0.25) is 0 Å². The fourth-order valence-corrected chi connectivity index (χ4v) is 2.94. The van der Waals surface area contributed by atoms with Gasteiger partial charge in [-0.1, -0.05) is 13.0 Å². The molecule has 2 nitrogen and oxygen atoms in total. The summed E-state index contributed by atoms with van der Waals surface area (Å²) in [6, 6.07) is 4.44. The van der Waals surface area contributed by atoms with Crippen molar-refractivity contribution in [2.45, 2.75) is 26.1 Å². The second kappa shape index (κ2) is 6.22. The van der Waals surface area contributed by atoms with Crippen molar-refractivity contribution in [1.82, 2.24) is 4.90 Å². The molecule has 1 aliphatic heterocycles. The van der Waals surface area contributed by atoms with Crippen LogP contribution < -0.4 is 4.74 Å². The molecule has 2 atom stereocenters. The number of alkyl halides is 3. The highest BCUT2D eigenvalue weighted by Crippen LogP contribution is 2.36. The number of halogens is 4. The van der Waals surface area contributed by atoms with Gasteiger partial charge < -0.3 is 4.74 Å². The third-order valence-electron chi connectivity index (χ3n) is 3.88. The van der Waals surface area contributed by atoms with Crippen LogP contribution in [0.3, 0.4) is 0 Å². The van der Waals surface area contributed by atoms with Crippen LogP contribution in [0.1, 0.15) is 18.9 Å². The van der Waals surface area contributed by atoms with Gasteiger partial charge in [0.1, 0.15) is 11.6 Å². The van der Waals surface area contributed by atoms with E-state index in [1.165, 1.54) is 19.2 Å². The Morgan fingerprint density at radius 1 is 1.29 bits per heavy atom. The zero-order valence-electron chi connectivity index (χ0n) is 12.1. The summed E-state index contributed by atoms with van der Waals surface area (Å²) in [5.74, 6) is -1.49. The van der Waals surface area contributed by atoms with Crippen LogP contribution in [0.5, 0.6) is 5.75 Å². The van der Waals surface area contributed by atoms with E-state index in [1.54, 1.807) is 17.9 Å². The molecule has 1 fully saturated rings. The lowest BCUT2D eigenvalue weighted by Gasteiger charge is -2.37. The molecule has 0 amide bonds. The molecule has 1 aliphatic rings. The number of hydrogen-bond donors (Lipinski definition) is 0. The molecule has 0 aromatic heterocycles. The molecule has 0 radical (unpaired) electrons. The third-order valence-corrected chi connectivity index (χ3v) is 3.88. The summed E-state index contributed by atoms with van der Waals surface area (Å²) in [5, 5.41) is 0. The van der Waals surface area contributed by atoms with Crippen molar-refractivity contribution in [2.75, 3.05) is 20.2 Å². The first-order chi connectivity index (χ1) is 9.81. The number of ether oxygens (including phenoxy) is 1. The molecule has 0 spiro atoms. The van der Waals surface area contributed by atoms with E-state index in [0.717, 1.165) is 0 Å². The van der Waals surface area contributed by atoms with Gasteiger partial charge in [0.15, 0.2) is 0 Å². The summed E-state index contributed by atoms with van der Waals surface area (Å²) in [5.41, 5.74) is 0.315. The Labute approximate surface area is 121 Å². The van der Waals surface area contributed by atoms with Crippen LogP contribution in [0, 0.1) is 17.7 Å². The Morgan fingerprint density at radius 2 is 2.00 bits per heavy atom. The number of benzene rings is 1. The average Bonchev–Trinajstić information content (AvgIpc) is 2.39. The molecule has 0 N–H and O–H groups in total. The van der Waals surface area contributed by atoms with E-state index in [1.807, 2.05) is 0 Å². The van der Waals surface area contributed by atoms with Gasteiger partial charge in [-0.15, -0.1) is 0 Å². The highest BCUT2D eigenvalue weighted by molar-refractivity contribution is 5.34. The van der Waals surface area contributed by atoms with Crippen LogP contribution in [0.2, 0.25) is 0 Å². The molecule has 1 aromatic rings. The molecule has 6 heteroatoms. The van der Waals surface area contributed by atoms with Gasteiger partial charge in [-0.2, -0.15) is 13.2 Å². The van der Waals surface area contributed by atoms with Gasteiger partial charge in [0.25, 0.3) is 0 Å². The van der Waals surface area contributed by atoms with E-state index in [-0.39, 0.29) is 25.4 Å². The highest BCUT2D eigenvalue weighted by atomic mass is 19.4. The Morgan fingerprint density at radius 3 is 2.62 bits per heavy atom. The lowest BCUT2D eigenvalue weighted by Crippen LogP contribution is -2.44. The maximum absolute atomic E-state index is 13.9. The van der Waals surface area contributed by atoms with Crippen LogP contribution in [-0.4, -0.2) is 31.3 Å². The first-order valence-electron chi connectivity index (χ1n) is 6.91. The van der Waals surface area contributed by atoms with Crippen molar-refractivity contribution in [3.8, 4) is 5.75 Å². The minimum atomic E-state index is -4.20. The number of rotatable bonds is 3. The fraction of sp³-hybridized carbons (Fsp3) is 0.600. The quantitative estimate of drug-likeness (QED) is 0.786. The largest absolute Gasteiger partial charge is 0.496 e. The van der Waals surface area contributed by atoms with E-state index in [0.29, 0.717) is 17.9 Å². The lowest BCUT2D eigenvalue weighted by molar-refractivity contribution is -0.191. The van der Waals surface area contributed by atoms with Crippen molar-refractivity contribution < 1.29 is 22.3 Å². The maximum atomic E-state index is 13.9. The molecular formula is C15H19F4NO. The Balaban J connectivity index is 2.16. The van der Waals surface area contributed by atoms with Gasteiger partial charge in [-0.3, -0.25) is 4.90 Å². The van der Waals surface area contributed by atoms with E-state index in [4.69, 9.17) is 4.74 Å². The van der Waals surface area contributed by atoms with E-state index in [9.17, 15) is 17.6 Å². The second-order valence-electron chi connectivity index (χ2n) is 5.69. The Kier molecular flexibility index (Phi) is 4.76. The van der Waals surface area contributed by atoms with Crippen molar-refractivity contribution in [3.05, 3.63) is 29.6 Å². The predicted molar refractivity (Wildman–Crippen MR) is 71.6 cm³/mol. The summed E-state index contributed by atoms with van der Waals surface area (Å²) in [4.78, 5) is 1.66. The van der Waals surface area contributed by atoms with E-state index < -0.39 is 17.9 Å². The standard InChI is InChI=1S/C15H19F4NO/c1-10-6-11(15(17,18)19)8-20(7-10)9-12-13(16)4-3-5-14(12)21-2/h3-5,10-11H,6-9H2,1-2H3. The van der Waals surface area contributed by atoms with Crippen LogP contribution >= 0.6 is 0 Å². The second-order valence-corrected chi connectivity index (χ2v) is 5.69. The normalized spacial score (nSPS) is 24.1. The number of nitrogens with zero attached hydrogens (tertiary/aromatic N) is 1. The molecule has 2 unspecified atom stereocenters. The Hall–Kier alpha value is -1.30. The topological polar surface area (TPSA) is 12.5 Å². The van der Waals surface area contributed by atoms with Gasteiger partial charge in [0.05, 0.1) is 13.0 Å². The zero-order valence-corrected chi connectivity index (χ0v) is 12.1. The number of piperidine rings is 1. The van der Waals surface area contributed by atoms with Crippen LogP contribution in [0.25, 0.3) is 0 Å². The average molecular weight is 305 g/mol. The SMILES string of the molecule is COc1cccc(F)c1CN1CC(C)CC(C(F)(F)F)C1.